The van der Waals surface area contributed by atoms with Crippen molar-refractivity contribution in [3.05, 3.63) is 133 Å². The first-order valence-electron chi connectivity index (χ1n) is 13.1. The van der Waals surface area contributed by atoms with Crippen LogP contribution in [0.2, 0.25) is 0 Å². The van der Waals surface area contributed by atoms with Gasteiger partial charge >= 0.3 is 5.97 Å². The summed E-state index contributed by atoms with van der Waals surface area (Å²) in [6.07, 6.45) is 1.65. The number of phenols is 1. The summed E-state index contributed by atoms with van der Waals surface area (Å²) in [7, 11) is 1.57. The second-order valence-corrected chi connectivity index (χ2v) is 10.4. The number of esters is 1. The molecule has 0 saturated carbocycles. The number of benzene rings is 4. The maximum atomic E-state index is 14.2. The zero-order valence-electron chi connectivity index (χ0n) is 22.4. The third kappa shape index (κ3) is 4.62. The summed E-state index contributed by atoms with van der Waals surface area (Å²) in [6.45, 7) is 1.90. The fraction of sp³-hybridized carbons (Fsp3) is 0.121. The SMILES string of the molecule is CCOC(=O)C1=C(c2ccccc2)N=c2s/c(=C/c3ccccc3O)c(=O)n2[C@@H]1c1c(OC)ccc2ccccc12. The Morgan fingerprint density at radius 1 is 1.00 bits per heavy atom. The van der Waals surface area contributed by atoms with E-state index in [1.807, 2.05) is 66.7 Å². The van der Waals surface area contributed by atoms with Crippen molar-refractivity contribution in [2.45, 2.75) is 13.0 Å². The van der Waals surface area contributed by atoms with E-state index >= 15 is 0 Å². The van der Waals surface area contributed by atoms with Gasteiger partial charge in [0.05, 0.1) is 29.5 Å². The number of methoxy groups -OCH3 is 1. The standard InChI is InChI=1S/C33H26N2O5S/c1-3-40-32(38)28-29(21-12-5-4-6-13-21)34-33-35(31(37)26(41-33)19-22-14-8-10-16-24(22)36)30(28)27-23-15-9-7-11-20(23)17-18-25(27)39-2/h4-19,30,36H,3H2,1-2H3/b26-19+/t30-/m1/s1. The monoisotopic (exact) mass is 562 g/mol. The molecule has 7 nitrogen and oxygen atoms in total. The van der Waals surface area contributed by atoms with Crippen LogP contribution in [0.4, 0.5) is 0 Å². The summed E-state index contributed by atoms with van der Waals surface area (Å²) in [5.74, 6) is 0.0213. The maximum absolute atomic E-state index is 14.2. The molecular weight excluding hydrogens is 536 g/mol. The van der Waals surface area contributed by atoms with Crippen LogP contribution < -0.4 is 19.6 Å². The van der Waals surface area contributed by atoms with Crippen LogP contribution in [0.3, 0.4) is 0 Å². The largest absolute Gasteiger partial charge is 0.507 e. The van der Waals surface area contributed by atoms with Crippen molar-refractivity contribution in [2.75, 3.05) is 13.7 Å². The lowest BCUT2D eigenvalue weighted by Gasteiger charge is -2.28. The lowest BCUT2D eigenvalue weighted by Crippen LogP contribution is -2.40. The number of para-hydroxylation sites is 1. The molecule has 0 radical (unpaired) electrons. The minimum atomic E-state index is -0.895. The van der Waals surface area contributed by atoms with Crippen molar-refractivity contribution in [2.24, 2.45) is 4.99 Å². The Kier molecular flexibility index (Phi) is 6.99. The van der Waals surface area contributed by atoms with Crippen molar-refractivity contribution in [3.63, 3.8) is 0 Å². The fourth-order valence-electron chi connectivity index (χ4n) is 5.20. The molecule has 204 valence electrons. The average molecular weight is 563 g/mol. The molecule has 1 atom stereocenters. The van der Waals surface area contributed by atoms with Crippen molar-refractivity contribution in [3.8, 4) is 11.5 Å². The summed E-state index contributed by atoms with van der Waals surface area (Å²) in [5, 5.41) is 12.2. The van der Waals surface area contributed by atoms with E-state index in [1.165, 1.54) is 11.3 Å². The Morgan fingerprint density at radius 3 is 2.49 bits per heavy atom. The lowest BCUT2D eigenvalue weighted by molar-refractivity contribution is -0.138. The van der Waals surface area contributed by atoms with Gasteiger partial charge in [-0.2, -0.15) is 0 Å². The highest BCUT2D eigenvalue weighted by Gasteiger charge is 2.37. The molecule has 41 heavy (non-hydrogen) atoms. The van der Waals surface area contributed by atoms with E-state index in [-0.39, 0.29) is 23.5 Å². The van der Waals surface area contributed by atoms with E-state index < -0.39 is 12.0 Å². The zero-order valence-corrected chi connectivity index (χ0v) is 23.2. The number of aromatic hydroxyl groups is 1. The van der Waals surface area contributed by atoms with Crippen LogP contribution in [0.15, 0.2) is 106 Å². The first kappa shape index (κ1) is 26.3. The molecule has 4 aromatic carbocycles. The Morgan fingerprint density at radius 2 is 1.73 bits per heavy atom. The molecule has 1 aliphatic heterocycles. The molecule has 8 heteroatoms. The van der Waals surface area contributed by atoms with Crippen LogP contribution in [0, 0.1) is 0 Å². The minimum absolute atomic E-state index is 0.0581. The number of fused-ring (bicyclic) bond motifs is 2. The summed E-state index contributed by atoms with van der Waals surface area (Å²) in [6, 6.07) is 26.9. The Balaban J connectivity index is 1.76. The number of thiazole rings is 1. The van der Waals surface area contributed by atoms with Gasteiger partial charge in [0, 0.05) is 16.7 Å². The van der Waals surface area contributed by atoms with Gasteiger partial charge in [0.1, 0.15) is 17.5 Å². The summed E-state index contributed by atoms with van der Waals surface area (Å²) in [4.78, 5) is 33.3. The molecule has 2 heterocycles. The first-order chi connectivity index (χ1) is 20.0. The number of carbonyl (C=O) groups is 1. The number of nitrogens with zero attached hydrogens (tertiary/aromatic N) is 2. The van der Waals surface area contributed by atoms with Gasteiger partial charge in [0.15, 0.2) is 4.80 Å². The minimum Gasteiger partial charge on any atom is -0.507 e. The fourth-order valence-corrected chi connectivity index (χ4v) is 6.19. The lowest BCUT2D eigenvalue weighted by atomic mass is 9.89. The number of phenolic OH excluding ortho intramolecular Hbond substituents is 1. The average Bonchev–Trinajstić information content (AvgIpc) is 3.31. The van der Waals surface area contributed by atoms with Crippen LogP contribution in [-0.4, -0.2) is 29.4 Å². The first-order valence-corrected chi connectivity index (χ1v) is 14.0. The molecular formula is C33H26N2O5S. The summed E-state index contributed by atoms with van der Waals surface area (Å²) < 4.78 is 13.4. The van der Waals surface area contributed by atoms with E-state index in [4.69, 9.17) is 14.5 Å². The van der Waals surface area contributed by atoms with Gasteiger partial charge in [-0.1, -0.05) is 90.2 Å². The van der Waals surface area contributed by atoms with E-state index in [2.05, 4.69) is 0 Å². The smallest absolute Gasteiger partial charge is 0.338 e. The molecule has 0 fully saturated rings. The molecule has 0 amide bonds. The molecule has 0 aliphatic carbocycles. The van der Waals surface area contributed by atoms with Crippen LogP contribution in [-0.2, 0) is 9.53 Å². The van der Waals surface area contributed by atoms with Gasteiger partial charge in [0.25, 0.3) is 5.56 Å². The zero-order chi connectivity index (χ0) is 28.5. The van der Waals surface area contributed by atoms with Gasteiger partial charge in [-0.3, -0.25) is 9.36 Å². The van der Waals surface area contributed by atoms with Crippen molar-refractivity contribution in [1.29, 1.82) is 0 Å². The molecule has 0 bridgehead atoms. The van der Waals surface area contributed by atoms with Crippen molar-refractivity contribution >= 4 is 39.9 Å². The quantitative estimate of drug-likeness (QED) is 0.300. The maximum Gasteiger partial charge on any atom is 0.338 e. The van der Waals surface area contributed by atoms with Gasteiger partial charge in [-0.25, -0.2) is 9.79 Å². The highest BCUT2D eigenvalue weighted by molar-refractivity contribution is 7.07. The summed E-state index contributed by atoms with van der Waals surface area (Å²) >= 11 is 1.20. The van der Waals surface area contributed by atoms with Gasteiger partial charge < -0.3 is 14.6 Å². The molecule has 6 rings (SSSR count). The predicted octanol–water partition coefficient (Wildman–Crippen LogP) is 4.80. The third-order valence-corrected chi connectivity index (χ3v) is 8.00. The molecule has 1 aromatic heterocycles. The molecule has 1 aliphatic rings. The van der Waals surface area contributed by atoms with E-state index in [0.29, 0.717) is 31.9 Å². The van der Waals surface area contributed by atoms with E-state index in [9.17, 15) is 14.7 Å². The highest BCUT2D eigenvalue weighted by Crippen LogP contribution is 2.42. The van der Waals surface area contributed by atoms with Crippen LogP contribution >= 0.6 is 11.3 Å². The normalized spacial score (nSPS) is 15.0. The molecule has 0 unspecified atom stereocenters. The molecule has 0 saturated heterocycles. The van der Waals surface area contributed by atoms with Crippen LogP contribution in [0.25, 0.3) is 22.5 Å². The second kappa shape index (κ2) is 10.9. The number of aromatic nitrogens is 1. The van der Waals surface area contributed by atoms with Crippen LogP contribution in [0.5, 0.6) is 11.5 Å². The Bertz CT molecular complexity index is 2010. The third-order valence-electron chi connectivity index (χ3n) is 7.02. The Labute approximate surface area is 239 Å². The highest BCUT2D eigenvalue weighted by atomic mass is 32.1. The number of carbonyl (C=O) groups excluding carboxylic acids is 1. The number of hydrogen-bond donors (Lipinski definition) is 1. The van der Waals surface area contributed by atoms with E-state index in [0.717, 1.165) is 16.3 Å². The molecule has 1 N–H and O–H groups in total. The summed E-state index contributed by atoms with van der Waals surface area (Å²) in [5.41, 5.74) is 2.22. The topological polar surface area (TPSA) is 90.1 Å². The predicted molar refractivity (Wildman–Crippen MR) is 160 cm³/mol. The molecule has 5 aromatic rings. The number of rotatable bonds is 6. The van der Waals surface area contributed by atoms with Crippen molar-refractivity contribution in [1.82, 2.24) is 4.57 Å². The van der Waals surface area contributed by atoms with Gasteiger partial charge in [-0.05, 0) is 35.9 Å². The van der Waals surface area contributed by atoms with Gasteiger partial charge in [0.2, 0.25) is 0 Å². The van der Waals surface area contributed by atoms with Crippen LogP contribution in [0.1, 0.15) is 29.7 Å². The number of ether oxygens (including phenoxy) is 2. The van der Waals surface area contributed by atoms with E-state index in [1.54, 1.807) is 48.9 Å². The second-order valence-electron chi connectivity index (χ2n) is 9.39. The molecule has 0 spiro atoms. The van der Waals surface area contributed by atoms with Crippen molar-refractivity contribution < 1.29 is 19.4 Å². The van der Waals surface area contributed by atoms with Gasteiger partial charge in [-0.15, -0.1) is 0 Å². The number of hydrogen-bond acceptors (Lipinski definition) is 7. The Hall–Kier alpha value is -4.95.